The number of amides is 1. The van der Waals surface area contributed by atoms with Gasteiger partial charge in [0.05, 0.1) is 11.0 Å². The Balaban J connectivity index is 2.81. The average molecular weight is 253 g/mol. The minimum absolute atomic E-state index is 0.0600. The van der Waals surface area contributed by atoms with Crippen molar-refractivity contribution in [1.29, 1.82) is 0 Å². The molecule has 92 valence electrons. The van der Waals surface area contributed by atoms with E-state index in [1.807, 2.05) is 6.92 Å². The molecule has 1 rings (SSSR count). The first-order valence-corrected chi connectivity index (χ1v) is 5.74. The quantitative estimate of drug-likeness (QED) is 0.669. The zero-order valence-electron chi connectivity index (χ0n) is 9.53. The van der Waals surface area contributed by atoms with Crippen molar-refractivity contribution >= 4 is 23.1 Å². The summed E-state index contributed by atoms with van der Waals surface area (Å²) in [6, 6.07) is 0.923. The molecule has 1 heterocycles. The minimum atomic E-state index is -0.460. The van der Waals surface area contributed by atoms with Crippen LogP contribution in [0.1, 0.15) is 30.1 Å². The highest BCUT2D eigenvalue weighted by Gasteiger charge is 2.16. The highest BCUT2D eigenvalue weighted by Crippen LogP contribution is 1.99. The number of rotatable bonds is 5. The maximum absolute atomic E-state index is 11.8. The normalized spacial score (nSPS) is 11.8. The number of thiocarbonyl (C=S) groups is 1. The summed E-state index contributed by atoms with van der Waals surface area (Å²) in [6.07, 6.45) is 4.33. The van der Waals surface area contributed by atoms with Crippen LogP contribution in [0.4, 0.5) is 0 Å². The molecule has 0 spiro atoms. The number of carbonyl (C=O) groups is 1. The van der Waals surface area contributed by atoms with Crippen molar-refractivity contribution < 1.29 is 4.79 Å². The third-order valence-electron chi connectivity index (χ3n) is 2.29. The zero-order valence-corrected chi connectivity index (χ0v) is 10.3. The Morgan fingerprint density at radius 1 is 1.65 bits per heavy atom. The van der Waals surface area contributed by atoms with Crippen LogP contribution in [-0.4, -0.2) is 21.9 Å². The molecule has 0 aromatic carbocycles. The third kappa shape index (κ3) is 3.67. The maximum Gasteiger partial charge on any atom is 0.257 e. The molecule has 1 aromatic heterocycles. The number of aromatic amines is 1. The molecule has 1 atom stereocenters. The summed E-state index contributed by atoms with van der Waals surface area (Å²) in [5, 5.41) is 2.65. The van der Waals surface area contributed by atoms with Crippen molar-refractivity contribution in [3.63, 3.8) is 0 Å². The van der Waals surface area contributed by atoms with Crippen LogP contribution in [0.15, 0.2) is 23.3 Å². The van der Waals surface area contributed by atoms with E-state index in [2.05, 4.69) is 10.3 Å². The third-order valence-corrected chi connectivity index (χ3v) is 2.58. The Morgan fingerprint density at radius 2 is 2.35 bits per heavy atom. The molecule has 0 saturated carbocycles. The van der Waals surface area contributed by atoms with Gasteiger partial charge in [-0.25, -0.2) is 0 Å². The van der Waals surface area contributed by atoms with E-state index in [1.165, 1.54) is 18.5 Å². The lowest BCUT2D eigenvalue weighted by Gasteiger charge is -2.16. The van der Waals surface area contributed by atoms with E-state index < -0.39 is 5.91 Å². The molecular formula is C11H15N3O2S. The van der Waals surface area contributed by atoms with E-state index in [0.717, 1.165) is 6.42 Å². The zero-order chi connectivity index (χ0) is 12.8. The van der Waals surface area contributed by atoms with Crippen LogP contribution in [0.25, 0.3) is 0 Å². The lowest BCUT2D eigenvalue weighted by Crippen LogP contribution is -2.44. The molecule has 1 amide bonds. The fourth-order valence-electron chi connectivity index (χ4n) is 1.40. The highest BCUT2D eigenvalue weighted by molar-refractivity contribution is 7.80. The van der Waals surface area contributed by atoms with Gasteiger partial charge in [-0.3, -0.25) is 9.59 Å². The summed E-state index contributed by atoms with van der Waals surface area (Å²) in [5.41, 5.74) is 5.24. The molecule has 5 nitrogen and oxygen atoms in total. The van der Waals surface area contributed by atoms with Crippen LogP contribution < -0.4 is 16.5 Å². The summed E-state index contributed by atoms with van der Waals surface area (Å²) < 4.78 is 0. The lowest BCUT2D eigenvalue weighted by molar-refractivity contribution is 0.0944. The van der Waals surface area contributed by atoms with Gasteiger partial charge in [0.15, 0.2) is 5.43 Å². The Morgan fingerprint density at radius 3 is 2.88 bits per heavy atom. The standard InChI is InChI=1S/C11H15N3O2S/c1-2-3-8(10(12)17)14-11(16)7-6-13-5-4-9(7)15/h4-6,8H,2-3H2,1H3,(H2,12,17)(H,13,15)(H,14,16). The fraction of sp³-hybridized carbons (Fsp3) is 0.364. The Hall–Kier alpha value is -1.69. The van der Waals surface area contributed by atoms with E-state index in [1.54, 1.807) is 0 Å². The number of nitrogens with one attached hydrogen (secondary N) is 2. The molecule has 0 aliphatic carbocycles. The minimum Gasteiger partial charge on any atom is -0.392 e. The van der Waals surface area contributed by atoms with Gasteiger partial charge < -0.3 is 16.0 Å². The number of aromatic nitrogens is 1. The number of pyridine rings is 1. The van der Waals surface area contributed by atoms with E-state index >= 15 is 0 Å². The van der Waals surface area contributed by atoms with Crippen LogP contribution in [0, 0.1) is 0 Å². The van der Waals surface area contributed by atoms with Gasteiger partial charge in [-0.15, -0.1) is 0 Å². The van der Waals surface area contributed by atoms with Crippen LogP contribution in [0.2, 0.25) is 0 Å². The SMILES string of the molecule is CCCC(NC(=O)c1c[nH]ccc1=O)C(N)=S. The number of H-pyrrole nitrogens is 1. The maximum atomic E-state index is 11.8. The molecule has 1 aromatic rings. The number of carbonyl (C=O) groups excluding carboxylic acids is 1. The largest absolute Gasteiger partial charge is 0.392 e. The van der Waals surface area contributed by atoms with Crippen molar-refractivity contribution in [2.24, 2.45) is 5.73 Å². The Bertz CT molecular complexity index is 470. The Kier molecular flexibility index (Phi) is 4.84. The van der Waals surface area contributed by atoms with Gasteiger partial charge in [0, 0.05) is 18.5 Å². The van der Waals surface area contributed by atoms with E-state index in [0.29, 0.717) is 6.42 Å². The van der Waals surface area contributed by atoms with Crippen LogP contribution in [-0.2, 0) is 0 Å². The molecule has 4 N–H and O–H groups in total. The van der Waals surface area contributed by atoms with Crippen LogP contribution in [0.5, 0.6) is 0 Å². The molecule has 0 saturated heterocycles. The van der Waals surface area contributed by atoms with Gasteiger partial charge in [0.1, 0.15) is 5.56 Å². The van der Waals surface area contributed by atoms with Gasteiger partial charge in [-0.1, -0.05) is 25.6 Å². The second kappa shape index (κ2) is 6.15. The highest BCUT2D eigenvalue weighted by atomic mass is 32.1. The van der Waals surface area contributed by atoms with E-state index in [4.69, 9.17) is 18.0 Å². The summed E-state index contributed by atoms with van der Waals surface area (Å²) in [6.45, 7) is 1.97. The molecular weight excluding hydrogens is 238 g/mol. The van der Waals surface area contributed by atoms with Gasteiger partial charge in [-0.05, 0) is 6.42 Å². The molecule has 6 heteroatoms. The first-order chi connectivity index (χ1) is 8.06. The number of hydrogen-bond acceptors (Lipinski definition) is 3. The monoisotopic (exact) mass is 253 g/mol. The van der Waals surface area contributed by atoms with Gasteiger partial charge in [0.25, 0.3) is 5.91 Å². The first kappa shape index (κ1) is 13.4. The first-order valence-electron chi connectivity index (χ1n) is 5.33. The lowest BCUT2D eigenvalue weighted by atomic mass is 10.1. The molecule has 1 unspecified atom stereocenters. The fourth-order valence-corrected chi connectivity index (χ4v) is 1.58. The predicted octanol–water partition coefficient (Wildman–Crippen LogP) is 0.560. The van der Waals surface area contributed by atoms with Crippen molar-refractivity contribution in [2.45, 2.75) is 25.8 Å². The smallest absolute Gasteiger partial charge is 0.257 e. The molecule has 0 aliphatic heterocycles. The van der Waals surface area contributed by atoms with Crippen LogP contribution in [0.3, 0.4) is 0 Å². The summed E-state index contributed by atoms with van der Waals surface area (Å²) in [4.78, 5) is 26.2. The summed E-state index contributed by atoms with van der Waals surface area (Å²) in [5.74, 6) is -0.460. The van der Waals surface area contributed by atoms with Gasteiger partial charge in [-0.2, -0.15) is 0 Å². The van der Waals surface area contributed by atoms with Crippen molar-refractivity contribution in [3.8, 4) is 0 Å². The molecule has 0 aliphatic rings. The summed E-state index contributed by atoms with van der Waals surface area (Å²) >= 11 is 4.86. The van der Waals surface area contributed by atoms with E-state index in [9.17, 15) is 9.59 Å². The van der Waals surface area contributed by atoms with E-state index in [-0.39, 0.29) is 22.0 Å². The van der Waals surface area contributed by atoms with Crippen molar-refractivity contribution in [1.82, 2.24) is 10.3 Å². The molecule has 0 radical (unpaired) electrons. The number of hydrogen-bond donors (Lipinski definition) is 3. The average Bonchev–Trinajstić information content (AvgIpc) is 2.28. The topological polar surface area (TPSA) is 88.0 Å². The molecule has 17 heavy (non-hydrogen) atoms. The second-order valence-electron chi connectivity index (χ2n) is 3.64. The van der Waals surface area contributed by atoms with Gasteiger partial charge >= 0.3 is 0 Å². The van der Waals surface area contributed by atoms with Crippen molar-refractivity contribution in [2.75, 3.05) is 0 Å². The second-order valence-corrected chi connectivity index (χ2v) is 4.11. The van der Waals surface area contributed by atoms with Crippen molar-refractivity contribution in [3.05, 3.63) is 34.2 Å². The molecule has 0 fully saturated rings. The predicted molar refractivity (Wildman–Crippen MR) is 70.0 cm³/mol. The van der Waals surface area contributed by atoms with Crippen LogP contribution >= 0.6 is 12.2 Å². The number of nitrogens with two attached hydrogens (primary N) is 1. The molecule has 0 bridgehead atoms. The Labute approximate surface area is 104 Å². The summed E-state index contributed by atoms with van der Waals surface area (Å²) in [7, 11) is 0. The van der Waals surface area contributed by atoms with Gasteiger partial charge in [0.2, 0.25) is 0 Å².